The first kappa shape index (κ1) is 19.8. The van der Waals surface area contributed by atoms with Gasteiger partial charge in [-0.15, -0.1) is 0 Å². The first-order chi connectivity index (χ1) is 14.6. The van der Waals surface area contributed by atoms with Gasteiger partial charge in [-0.05, 0) is 61.8 Å². The molecule has 2 aliphatic rings. The predicted octanol–water partition coefficient (Wildman–Crippen LogP) is 4.41. The van der Waals surface area contributed by atoms with Crippen LogP contribution in [0, 0.1) is 5.92 Å². The van der Waals surface area contributed by atoms with Gasteiger partial charge in [-0.25, -0.2) is 12.7 Å². The molecule has 1 atom stereocenters. The highest BCUT2D eigenvalue weighted by Crippen LogP contribution is 2.31. The van der Waals surface area contributed by atoms with Crippen LogP contribution in [0.4, 0.5) is 0 Å². The van der Waals surface area contributed by atoms with Crippen molar-refractivity contribution in [3.63, 3.8) is 0 Å². The fourth-order valence-corrected chi connectivity index (χ4v) is 7.29. The summed E-state index contributed by atoms with van der Waals surface area (Å²) in [7, 11) is -3.11. The Bertz CT molecular complexity index is 1100. The van der Waals surface area contributed by atoms with E-state index in [0.29, 0.717) is 19.0 Å². The minimum absolute atomic E-state index is 0.133. The highest BCUT2D eigenvalue weighted by Gasteiger charge is 2.35. The molecule has 2 aromatic heterocycles. The van der Waals surface area contributed by atoms with Crippen LogP contribution < -0.4 is 0 Å². The average Bonchev–Trinajstić information content (AvgIpc) is 3.49. The van der Waals surface area contributed by atoms with Crippen molar-refractivity contribution in [2.75, 3.05) is 13.1 Å². The monoisotopic (exact) mass is 426 g/mol. The van der Waals surface area contributed by atoms with E-state index in [1.54, 1.807) is 4.31 Å². The van der Waals surface area contributed by atoms with Gasteiger partial charge in [0, 0.05) is 48.5 Å². The molecular weight excluding hydrogens is 396 g/mol. The summed E-state index contributed by atoms with van der Waals surface area (Å²) >= 11 is 0. The summed E-state index contributed by atoms with van der Waals surface area (Å²) in [6.07, 6.45) is 12.7. The third-order valence-corrected chi connectivity index (χ3v) is 9.35. The SMILES string of the molecule is O=S(=O)(C1CCCC1)N1CCCC(Cn2ccc3cc(-c4cn[nH]c4)ccc32)CC1. The lowest BCUT2D eigenvalue weighted by Gasteiger charge is -2.24. The van der Waals surface area contributed by atoms with Crippen LogP contribution in [0.5, 0.6) is 0 Å². The van der Waals surface area contributed by atoms with Crippen molar-refractivity contribution < 1.29 is 8.42 Å². The Morgan fingerprint density at radius 1 is 1.00 bits per heavy atom. The molecule has 5 rings (SSSR count). The first-order valence-electron chi connectivity index (χ1n) is 11.2. The van der Waals surface area contributed by atoms with Gasteiger partial charge < -0.3 is 4.57 Å². The van der Waals surface area contributed by atoms with Gasteiger partial charge in [-0.1, -0.05) is 18.9 Å². The smallest absolute Gasteiger partial charge is 0.216 e. The molecule has 1 saturated carbocycles. The molecule has 1 aliphatic heterocycles. The standard InChI is InChI=1S/C23H30N4O2S/c28-30(29,22-5-1-2-6-22)27-11-3-4-18(9-13-27)17-26-12-10-20-14-19(7-8-23(20)26)21-15-24-25-16-21/h7-8,10,12,14-16,18,22H,1-6,9,11,13,17H2,(H,24,25). The molecule has 7 heteroatoms. The van der Waals surface area contributed by atoms with Crippen LogP contribution in [0.1, 0.15) is 44.9 Å². The molecular formula is C23H30N4O2S. The number of nitrogens with one attached hydrogen (secondary N) is 1. The van der Waals surface area contributed by atoms with E-state index in [1.165, 1.54) is 10.9 Å². The Morgan fingerprint density at radius 2 is 1.87 bits per heavy atom. The number of H-pyrrole nitrogens is 1. The van der Waals surface area contributed by atoms with Gasteiger partial charge in [-0.2, -0.15) is 5.10 Å². The van der Waals surface area contributed by atoms with Crippen molar-refractivity contribution in [3.05, 3.63) is 42.9 Å². The number of hydrogen-bond acceptors (Lipinski definition) is 3. The lowest BCUT2D eigenvalue weighted by Crippen LogP contribution is -2.38. The fraction of sp³-hybridized carbons (Fsp3) is 0.522. The molecule has 0 spiro atoms. The van der Waals surface area contributed by atoms with Crippen molar-refractivity contribution in [2.24, 2.45) is 5.92 Å². The molecule has 3 heterocycles. The zero-order valence-electron chi connectivity index (χ0n) is 17.3. The van der Waals surface area contributed by atoms with Gasteiger partial charge in [-0.3, -0.25) is 5.10 Å². The second-order valence-corrected chi connectivity index (χ2v) is 11.1. The van der Waals surface area contributed by atoms with E-state index in [9.17, 15) is 8.42 Å². The molecule has 160 valence electrons. The normalized spacial score (nSPS) is 21.9. The predicted molar refractivity (Wildman–Crippen MR) is 120 cm³/mol. The Morgan fingerprint density at radius 3 is 2.67 bits per heavy atom. The largest absolute Gasteiger partial charge is 0.347 e. The van der Waals surface area contributed by atoms with Crippen LogP contribution in [-0.4, -0.2) is 45.8 Å². The Kier molecular flexibility index (Phi) is 5.41. The molecule has 1 saturated heterocycles. The third-order valence-electron chi connectivity index (χ3n) is 6.95. The Labute approximate surface area is 178 Å². The molecule has 3 aromatic rings. The van der Waals surface area contributed by atoms with Crippen molar-refractivity contribution in [1.29, 1.82) is 0 Å². The molecule has 1 unspecified atom stereocenters. The molecule has 6 nitrogen and oxygen atoms in total. The van der Waals surface area contributed by atoms with E-state index in [1.807, 2.05) is 12.4 Å². The summed E-state index contributed by atoms with van der Waals surface area (Å²) in [5.74, 6) is 0.512. The summed E-state index contributed by atoms with van der Waals surface area (Å²) in [6, 6.07) is 8.71. The number of aromatic nitrogens is 3. The van der Waals surface area contributed by atoms with Gasteiger partial charge in [0.1, 0.15) is 0 Å². The van der Waals surface area contributed by atoms with Crippen molar-refractivity contribution in [3.8, 4) is 11.1 Å². The van der Waals surface area contributed by atoms with E-state index < -0.39 is 10.0 Å². The van der Waals surface area contributed by atoms with E-state index in [-0.39, 0.29) is 5.25 Å². The van der Waals surface area contributed by atoms with E-state index in [0.717, 1.165) is 62.6 Å². The number of fused-ring (bicyclic) bond motifs is 1. The number of rotatable bonds is 5. The molecule has 0 amide bonds. The number of sulfonamides is 1. The summed E-state index contributed by atoms with van der Waals surface area (Å²) in [5, 5.41) is 8.01. The van der Waals surface area contributed by atoms with Gasteiger partial charge in [0.25, 0.3) is 0 Å². The molecule has 1 aromatic carbocycles. The second-order valence-electron chi connectivity index (χ2n) is 8.88. The summed E-state index contributed by atoms with van der Waals surface area (Å²) < 4.78 is 30.1. The van der Waals surface area contributed by atoms with E-state index >= 15 is 0 Å². The van der Waals surface area contributed by atoms with Crippen LogP contribution in [-0.2, 0) is 16.6 Å². The van der Waals surface area contributed by atoms with E-state index in [2.05, 4.69) is 45.2 Å². The zero-order valence-corrected chi connectivity index (χ0v) is 18.2. The van der Waals surface area contributed by atoms with Crippen LogP contribution in [0.2, 0.25) is 0 Å². The Hall–Kier alpha value is -2.12. The minimum Gasteiger partial charge on any atom is -0.347 e. The summed E-state index contributed by atoms with van der Waals surface area (Å²) in [5.41, 5.74) is 3.50. The number of nitrogens with zero attached hydrogens (tertiary/aromatic N) is 3. The summed E-state index contributed by atoms with van der Waals surface area (Å²) in [6.45, 7) is 2.31. The number of benzene rings is 1. The summed E-state index contributed by atoms with van der Waals surface area (Å²) in [4.78, 5) is 0. The van der Waals surface area contributed by atoms with Crippen molar-refractivity contribution in [1.82, 2.24) is 19.1 Å². The topological polar surface area (TPSA) is 71.0 Å². The number of aromatic amines is 1. The maximum absolute atomic E-state index is 13.0. The molecule has 2 fully saturated rings. The average molecular weight is 427 g/mol. The lowest BCUT2D eigenvalue weighted by atomic mass is 10.0. The van der Waals surface area contributed by atoms with Crippen LogP contribution in [0.15, 0.2) is 42.9 Å². The highest BCUT2D eigenvalue weighted by molar-refractivity contribution is 7.89. The fourth-order valence-electron chi connectivity index (χ4n) is 5.20. The van der Waals surface area contributed by atoms with Crippen molar-refractivity contribution >= 4 is 20.9 Å². The number of hydrogen-bond donors (Lipinski definition) is 1. The molecule has 0 bridgehead atoms. The maximum atomic E-state index is 13.0. The third kappa shape index (κ3) is 3.81. The zero-order chi connectivity index (χ0) is 20.6. The van der Waals surface area contributed by atoms with Gasteiger partial charge in [0.15, 0.2) is 0 Å². The second kappa shape index (κ2) is 8.19. The maximum Gasteiger partial charge on any atom is 0.216 e. The molecule has 0 radical (unpaired) electrons. The molecule has 30 heavy (non-hydrogen) atoms. The van der Waals surface area contributed by atoms with Gasteiger partial charge in [0.2, 0.25) is 10.0 Å². The highest BCUT2D eigenvalue weighted by atomic mass is 32.2. The van der Waals surface area contributed by atoms with Crippen LogP contribution >= 0.6 is 0 Å². The van der Waals surface area contributed by atoms with Crippen LogP contribution in [0.3, 0.4) is 0 Å². The van der Waals surface area contributed by atoms with Crippen LogP contribution in [0.25, 0.3) is 22.0 Å². The Balaban J connectivity index is 1.28. The van der Waals surface area contributed by atoms with Gasteiger partial charge >= 0.3 is 0 Å². The lowest BCUT2D eigenvalue weighted by molar-refractivity contribution is 0.385. The van der Waals surface area contributed by atoms with Gasteiger partial charge in [0.05, 0.1) is 11.4 Å². The van der Waals surface area contributed by atoms with Crippen molar-refractivity contribution in [2.45, 2.75) is 56.7 Å². The molecule has 1 N–H and O–H groups in total. The quantitative estimate of drug-likeness (QED) is 0.657. The minimum atomic E-state index is -3.11. The first-order valence-corrected chi connectivity index (χ1v) is 12.7. The molecule has 1 aliphatic carbocycles. The van der Waals surface area contributed by atoms with E-state index in [4.69, 9.17) is 0 Å².